The Morgan fingerprint density at radius 3 is 2.71 bits per heavy atom. The second kappa shape index (κ2) is 6.15. The predicted octanol–water partition coefficient (Wildman–Crippen LogP) is 3.10. The molecule has 2 rings (SSSR count). The Bertz CT molecular complexity index is 744. The van der Waals surface area contributed by atoms with E-state index in [1.807, 2.05) is 0 Å². The molecular weight excluding hydrogens is 294 g/mol. The molecule has 21 heavy (non-hydrogen) atoms. The fraction of sp³-hybridized carbons (Fsp3) is 0. The lowest BCUT2D eigenvalue weighted by atomic mass is 10.2. The molecular formula is C14H10ClN3O3. The van der Waals surface area contributed by atoms with E-state index in [0.29, 0.717) is 21.8 Å². The Balaban J connectivity index is 2.33. The second-order valence-corrected chi connectivity index (χ2v) is 4.54. The quantitative estimate of drug-likeness (QED) is 0.533. The average Bonchev–Trinajstić information content (AvgIpc) is 2.46. The van der Waals surface area contributed by atoms with E-state index < -0.39 is 10.8 Å². The van der Waals surface area contributed by atoms with Gasteiger partial charge in [0.1, 0.15) is 0 Å². The Kier molecular flexibility index (Phi) is 4.30. The van der Waals surface area contributed by atoms with Gasteiger partial charge in [0.15, 0.2) is 0 Å². The monoisotopic (exact) mass is 303 g/mol. The second-order valence-electron chi connectivity index (χ2n) is 4.14. The van der Waals surface area contributed by atoms with Crippen molar-refractivity contribution in [1.29, 1.82) is 0 Å². The number of non-ortho nitro benzene ring substituents is 1. The molecule has 0 aromatic heterocycles. The lowest BCUT2D eigenvalue weighted by Gasteiger charge is -1.99. The zero-order chi connectivity index (χ0) is 15.4. The van der Waals surface area contributed by atoms with E-state index in [0.717, 1.165) is 0 Å². The minimum Gasteiger partial charge on any atom is -0.366 e. The number of amides is 1. The average molecular weight is 304 g/mol. The SMILES string of the molecule is NC(=O)c1cccc(N=Cc2cc([N+](=O)[O-])ccc2Cl)c1. The van der Waals surface area contributed by atoms with Crippen molar-refractivity contribution in [2.45, 2.75) is 0 Å². The van der Waals surface area contributed by atoms with Crippen molar-refractivity contribution < 1.29 is 9.72 Å². The van der Waals surface area contributed by atoms with Gasteiger partial charge in [-0.3, -0.25) is 19.9 Å². The molecule has 2 N–H and O–H groups in total. The van der Waals surface area contributed by atoms with Gasteiger partial charge in [-0.25, -0.2) is 0 Å². The molecule has 0 heterocycles. The third-order valence-corrected chi connectivity index (χ3v) is 3.02. The van der Waals surface area contributed by atoms with Crippen LogP contribution in [-0.2, 0) is 0 Å². The van der Waals surface area contributed by atoms with Crippen molar-refractivity contribution in [1.82, 2.24) is 0 Å². The third-order valence-electron chi connectivity index (χ3n) is 2.67. The van der Waals surface area contributed by atoms with Crippen LogP contribution >= 0.6 is 11.6 Å². The number of rotatable bonds is 4. The Morgan fingerprint density at radius 2 is 2.05 bits per heavy atom. The lowest BCUT2D eigenvalue weighted by Crippen LogP contribution is -2.10. The molecule has 6 nitrogen and oxygen atoms in total. The van der Waals surface area contributed by atoms with Crippen LogP contribution < -0.4 is 5.73 Å². The minimum atomic E-state index is -0.555. The van der Waals surface area contributed by atoms with Crippen molar-refractivity contribution in [3.63, 3.8) is 0 Å². The molecule has 1 amide bonds. The Hall–Kier alpha value is -2.73. The highest BCUT2D eigenvalue weighted by molar-refractivity contribution is 6.33. The molecule has 0 saturated carbocycles. The summed E-state index contributed by atoms with van der Waals surface area (Å²) in [7, 11) is 0. The Morgan fingerprint density at radius 1 is 1.29 bits per heavy atom. The van der Waals surface area contributed by atoms with Crippen molar-refractivity contribution in [2.24, 2.45) is 10.7 Å². The van der Waals surface area contributed by atoms with Crippen LogP contribution in [0.25, 0.3) is 0 Å². The zero-order valence-electron chi connectivity index (χ0n) is 10.7. The van der Waals surface area contributed by atoms with E-state index >= 15 is 0 Å². The summed E-state index contributed by atoms with van der Waals surface area (Å²) in [4.78, 5) is 25.4. The molecule has 0 atom stereocenters. The van der Waals surface area contributed by atoms with Gasteiger partial charge in [-0.15, -0.1) is 0 Å². The van der Waals surface area contributed by atoms with Crippen LogP contribution in [0.3, 0.4) is 0 Å². The van der Waals surface area contributed by atoms with Gasteiger partial charge in [0.2, 0.25) is 5.91 Å². The molecule has 2 aromatic rings. The van der Waals surface area contributed by atoms with Gasteiger partial charge in [-0.2, -0.15) is 0 Å². The van der Waals surface area contributed by atoms with E-state index in [9.17, 15) is 14.9 Å². The Labute approximate surface area is 125 Å². The van der Waals surface area contributed by atoms with Gasteiger partial charge in [0.25, 0.3) is 5.69 Å². The summed E-state index contributed by atoms with van der Waals surface area (Å²) < 4.78 is 0. The van der Waals surface area contributed by atoms with E-state index in [4.69, 9.17) is 17.3 Å². The standard InChI is InChI=1S/C14H10ClN3O3/c15-13-5-4-12(18(20)21)7-10(13)8-17-11-3-1-2-9(6-11)14(16)19/h1-8H,(H2,16,19). The van der Waals surface area contributed by atoms with Crippen LogP contribution in [0.1, 0.15) is 15.9 Å². The number of hydrogen-bond acceptors (Lipinski definition) is 4. The first-order chi connectivity index (χ1) is 9.97. The van der Waals surface area contributed by atoms with E-state index in [-0.39, 0.29) is 5.69 Å². The molecule has 0 saturated heterocycles. The predicted molar refractivity (Wildman–Crippen MR) is 80.3 cm³/mol. The number of aliphatic imine (C=N–C) groups is 1. The summed E-state index contributed by atoms with van der Waals surface area (Å²) in [6.07, 6.45) is 1.40. The molecule has 0 radical (unpaired) electrons. The highest BCUT2D eigenvalue weighted by atomic mass is 35.5. The van der Waals surface area contributed by atoms with E-state index in [1.165, 1.54) is 30.5 Å². The molecule has 0 aliphatic heterocycles. The third kappa shape index (κ3) is 3.64. The molecule has 0 aliphatic rings. The number of carbonyl (C=O) groups is 1. The van der Waals surface area contributed by atoms with Crippen molar-refractivity contribution in [3.8, 4) is 0 Å². The maximum atomic E-state index is 11.1. The largest absolute Gasteiger partial charge is 0.366 e. The van der Waals surface area contributed by atoms with Gasteiger partial charge in [0, 0.05) is 34.5 Å². The highest BCUT2D eigenvalue weighted by Gasteiger charge is 2.08. The topological polar surface area (TPSA) is 98.6 Å². The number of primary amides is 1. The normalized spacial score (nSPS) is 10.7. The summed E-state index contributed by atoms with van der Waals surface area (Å²) in [5, 5.41) is 11.1. The first-order valence-electron chi connectivity index (χ1n) is 5.85. The number of nitrogens with two attached hydrogens (primary N) is 1. The van der Waals surface area contributed by atoms with Crippen LogP contribution in [0, 0.1) is 10.1 Å². The number of halogens is 1. The van der Waals surface area contributed by atoms with Gasteiger partial charge in [-0.05, 0) is 24.3 Å². The molecule has 0 bridgehead atoms. The number of nitro groups is 1. The number of benzene rings is 2. The van der Waals surface area contributed by atoms with Gasteiger partial charge in [0.05, 0.1) is 10.6 Å². The van der Waals surface area contributed by atoms with E-state index in [1.54, 1.807) is 18.2 Å². The van der Waals surface area contributed by atoms with Gasteiger partial charge < -0.3 is 5.73 Å². The highest BCUT2D eigenvalue weighted by Crippen LogP contribution is 2.22. The molecule has 0 spiro atoms. The maximum Gasteiger partial charge on any atom is 0.270 e. The van der Waals surface area contributed by atoms with Crippen LogP contribution in [0.5, 0.6) is 0 Å². The summed E-state index contributed by atoms with van der Waals surface area (Å²) >= 11 is 5.96. The fourth-order valence-corrected chi connectivity index (χ4v) is 1.79. The minimum absolute atomic E-state index is 0.0771. The van der Waals surface area contributed by atoms with Crippen molar-refractivity contribution >= 4 is 35.1 Å². The molecule has 0 aliphatic carbocycles. The number of hydrogen-bond donors (Lipinski definition) is 1. The summed E-state index contributed by atoms with van der Waals surface area (Å²) in [5.41, 5.74) is 6.34. The van der Waals surface area contributed by atoms with Crippen LogP contribution in [0.4, 0.5) is 11.4 Å². The number of nitrogens with zero attached hydrogens (tertiary/aromatic N) is 2. The fourth-order valence-electron chi connectivity index (χ4n) is 1.63. The summed E-state index contributed by atoms with van der Waals surface area (Å²) in [6, 6.07) is 10.5. The van der Waals surface area contributed by atoms with Gasteiger partial charge in [-0.1, -0.05) is 17.7 Å². The zero-order valence-corrected chi connectivity index (χ0v) is 11.4. The lowest BCUT2D eigenvalue weighted by molar-refractivity contribution is -0.384. The molecule has 7 heteroatoms. The number of carbonyl (C=O) groups excluding carboxylic acids is 1. The van der Waals surface area contributed by atoms with Crippen molar-refractivity contribution in [2.75, 3.05) is 0 Å². The van der Waals surface area contributed by atoms with Crippen LogP contribution in [0.15, 0.2) is 47.5 Å². The first kappa shape index (κ1) is 14.7. The molecule has 106 valence electrons. The smallest absolute Gasteiger partial charge is 0.270 e. The summed E-state index contributed by atoms with van der Waals surface area (Å²) in [5.74, 6) is -0.555. The molecule has 0 unspecified atom stereocenters. The van der Waals surface area contributed by atoms with Crippen molar-refractivity contribution in [3.05, 3.63) is 68.7 Å². The first-order valence-corrected chi connectivity index (χ1v) is 6.23. The van der Waals surface area contributed by atoms with Gasteiger partial charge >= 0.3 is 0 Å². The maximum absolute atomic E-state index is 11.1. The summed E-state index contributed by atoms with van der Waals surface area (Å²) in [6.45, 7) is 0. The van der Waals surface area contributed by atoms with Crippen LogP contribution in [-0.4, -0.2) is 17.0 Å². The molecule has 2 aromatic carbocycles. The van der Waals surface area contributed by atoms with Crippen LogP contribution in [0.2, 0.25) is 5.02 Å². The van der Waals surface area contributed by atoms with E-state index in [2.05, 4.69) is 4.99 Å². The molecule has 0 fully saturated rings. The number of nitro benzene ring substituents is 1.